The monoisotopic (exact) mass is 279 g/mol. The largest absolute Gasteiger partial charge is 0.311 e. The van der Waals surface area contributed by atoms with Crippen LogP contribution in [0.1, 0.15) is 26.3 Å². The van der Waals surface area contributed by atoms with Crippen LogP contribution in [-0.4, -0.2) is 12.6 Å². The lowest BCUT2D eigenvalue weighted by molar-refractivity contribution is 0.376. The predicted octanol–water partition coefficient (Wildman–Crippen LogP) is 3.78. The van der Waals surface area contributed by atoms with Crippen LogP contribution in [0, 0.1) is 29.1 Å². The van der Waals surface area contributed by atoms with Crippen LogP contribution in [0.4, 0.5) is 22.0 Å². The van der Waals surface area contributed by atoms with Gasteiger partial charge in [-0.1, -0.05) is 12.5 Å². The smallest absolute Gasteiger partial charge is 0.200 e. The first-order chi connectivity index (χ1) is 8.81. The molecule has 0 fully saturated rings. The fraction of sp³-hybridized carbons (Fsp3) is 0.385. The van der Waals surface area contributed by atoms with Gasteiger partial charge in [-0.25, -0.2) is 22.0 Å². The standard InChI is InChI=1S/C13H14F5N/c1-4-19-7(3)6(2)5-8-9(14)11(16)13(18)12(17)10(8)15/h5,7,19H,4H2,1-3H3. The van der Waals surface area contributed by atoms with Crippen molar-refractivity contribution >= 4 is 6.08 Å². The van der Waals surface area contributed by atoms with Crippen molar-refractivity contribution in [1.29, 1.82) is 0 Å². The molecule has 1 nitrogen and oxygen atoms in total. The first kappa shape index (κ1) is 15.6. The molecule has 0 aliphatic heterocycles. The molecule has 0 radical (unpaired) electrons. The lowest BCUT2D eigenvalue weighted by Gasteiger charge is -2.13. The number of halogens is 5. The highest BCUT2D eigenvalue weighted by Crippen LogP contribution is 2.25. The molecule has 6 heteroatoms. The van der Waals surface area contributed by atoms with Crippen LogP contribution in [0.15, 0.2) is 5.57 Å². The van der Waals surface area contributed by atoms with E-state index in [9.17, 15) is 22.0 Å². The molecule has 0 amide bonds. The Balaban J connectivity index is 3.33. The molecule has 0 spiro atoms. The lowest BCUT2D eigenvalue weighted by atomic mass is 10.0. The maximum atomic E-state index is 13.4. The van der Waals surface area contributed by atoms with Gasteiger partial charge in [0.25, 0.3) is 0 Å². The normalized spacial score (nSPS) is 13.8. The van der Waals surface area contributed by atoms with Gasteiger partial charge < -0.3 is 5.32 Å². The summed E-state index contributed by atoms with van der Waals surface area (Å²) in [6.45, 7) is 5.72. The van der Waals surface area contributed by atoms with E-state index in [-0.39, 0.29) is 6.04 Å². The minimum absolute atomic E-state index is 0.236. The second-order valence-electron chi connectivity index (χ2n) is 4.15. The van der Waals surface area contributed by atoms with Crippen molar-refractivity contribution in [2.75, 3.05) is 6.54 Å². The van der Waals surface area contributed by atoms with Gasteiger partial charge in [-0.05, 0) is 26.5 Å². The molecule has 0 aliphatic carbocycles. The Morgan fingerprint density at radius 3 is 1.84 bits per heavy atom. The van der Waals surface area contributed by atoms with Crippen molar-refractivity contribution < 1.29 is 22.0 Å². The number of likely N-dealkylation sites (N-methyl/N-ethyl adjacent to an activating group) is 1. The van der Waals surface area contributed by atoms with E-state index in [1.807, 2.05) is 6.92 Å². The molecule has 1 N–H and O–H groups in total. The van der Waals surface area contributed by atoms with E-state index in [1.165, 1.54) is 0 Å². The molecule has 1 unspecified atom stereocenters. The quantitative estimate of drug-likeness (QED) is 0.502. The number of benzene rings is 1. The Morgan fingerprint density at radius 2 is 1.42 bits per heavy atom. The van der Waals surface area contributed by atoms with Gasteiger partial charge >= 0.3 is 0 Å². The average molecular weight is 279 g/mol. The Hall–Kier alpha value is -1.43. The molecule has 0 aromatic heterocycles. The minimum atomic E-state index is -2.15. The topological polar surface area (TPSA) is 12.0 Å². The average Bonchev–Trinajstić information content (AvgIpc) is 2.39. The van der Waals surface area contributed by atoms with Gasteiger partial charge in [0, 0.05) is 6.04 Å². The minimum Gasteiger partial charge on any atom is -0.311 e. The summed E-state index contributed by atoms with van der Waals surface area (Å²) in [5.74, 6) is -9.66. The third kappa shape index (κ3) is 3.12. The zero-order valence-corrected chi connectivity index (χ0v) is 10.8. The summed E-state index contributed by atoms with van der Waals surface area (Å²) in [4.78, 5) is 0. The summed E-state index contributed by atoms with van der Waals surface area (Å²) in [6.07, 6.45) is 0.962. The molecular formula is C13H14F5N. The van der Waals surface area contributed by atoms with Gasteiger partial charge in [0.05, 0.1) is 5.56 Å². The lowest BCUT2D eigenvalue weighted by Crippen LogP contribution is -2.26. The van der Waals surface area contributed by atoms with Crippen LogP contribution in [-0.2, 0) is 0 Å². The first-order valence-electron chi connectivity index (χ1n) is 5.74. The summed E-state index contributed by atoms with van der Waals surface area (Å²) < 4.78 is 65.7. The molecule has 1 aromatic rings. The SMILES string of the molecule is CCNC(C)C(C)=Cc1c(F)c(F)c(F)c(F)c1F. The second kappa shape index (κ2) is 6.14. The molecule has 106 valence electrons. The molecular weight excluding hydrogens is 265 g/mol. The highest BCUT2D eigenvalue weighted by atomic mass is 19.2. The number of rotatable bonds is 4. The fourth-order valence-corrected chi connectivity index (χ4v) is 1.57. The van der Waals surface area contributed by atoms with Crippen LogP contribution < -0.4 is 5.32 Å². The summed E-state index contributed by atoms with van der Waals surface area (Å²) in [6, 6.07) is -0.236. The summed E-state index contributed by atoms with van der Waals surface area (Å²) >= 11 is 0. The Morgan fingerprint density at radius 1 is 1.00 bits per heavy atom. The molecule has 19 heavy (non-hydrogen) atoms. The number of hydrogen-bond donors (Lipinski definition) is 1. The van der Waals surface area contributed by atoms with Gasteiger partial charge in [-0.3, -0.25) is 0 Å². The van der Waals surface area contributed by atoms with Crippen molar-refractivity contribution in [3.8, 4) is 0 Å². The molecule has 1 aromatic carbocycles. The first-order valence-corrected chi connectivity index (χ1v) is 5.74. The molecule has 0 heterocycles. The predicted molar refractivity (Wildman–Crippen MR) is 63.0 cm³/mol. The van der Waals surface area contributed by atoms with E-state index in [0.717, 1.165) is 6.08 Å². The Bertz CT molecular complexity index is 481. The van der Waals surface area contributed by atoms with Crippen molar-refractivity contribution in [2.45, 2.75) is 26.8 Å². The number of nitrogens with one attached hydrogen (secondary N) is 1. The van der Waals surface area contributed by atoms with Crippen molar-refractivity contribution in [3.05, 3.63) is 40.2 Å². The van der Waals surface area contributed by atoms with Crippen LogP contribution in [0.3, 0.4) is 0 Å². The van der Waals surface area contributed by atoms with Crippen LogP contribution in [0.2, 0.25) is 0 Å². The molecule has 1 atom stereocenters. The van der Waals surface area contributed by atoms with Crippen molar-refractivity contribution in [2.24, 2.45) is 0 Å². The maximum Gasteiger partial charge on any atom is 0.200 e. The number of hydrogen-bond acceptors (Lipinski definition) is 1. The van der Waals surface area contributed by atoms with E-state index in [2.05, 4.69) is 5.32 Å². The molecule has 0 aliphatic rings. The molecule has 0 bridgehead atoms. The van der Waals surface area contributed by atoms with E-state index >= 15 is 0 Å². The van der Waals surface area contributed by atoms with E-state index in [0.29, 0.717) is 12.1 Å². The zero-order chi connectivity index (χ0) is 14.7. The van der Waals surface area contributed by atoms with Gasteiger partial charge in [-0.2, -0.15) is 0 Å². The van der Waals surface area contributed by atoms with Gasteiger partial charge in [0.1, 0.15) is 0 Å². The highest BCUT2D eigenvalue weighted by Gasteiger charge is 2.24. The molecule has 0 saturated carbocycles. The highest BCUT2D eigenvalue weighted by molar-refractivity contribution is 5.55. The summed E-state index contributed by atoms with van der Waals surface area (Å²) in [5.41, 5.74) is -0.455. The fourth-order valence-electron chi connectivity index (χ4n) is 1.57. The van der Waals surface area contributed by atoms with Gasteiger partial charge in [-0.15, -0.1) is 0 Å². The van der Waals surface area contributed by atoms with Gasteiger partial charge in [0.2, 0.25) is 5.82 Å². The van der Waals surface area contributed by atoms with Crippen LogP contribution in [0.5, 0.6) is 0 Å². The second-order valence-corrected chi connectivity index (χ2v) is 4.15. The summed E-state index contributed by atoms with van der Waals surface area (Å²) in [7, 11) is 0. The van der Waals surface area contributed by atoms with Crippen molar-refractivity contribution in [1.82, 2.24) is 5.32 Å². The van der Waals surface area contributed by atoms with E-state index in [4.69, 9.17) is 0 Å². The summed E-state index contributed by atoms with van der Waals surface area (Å²) in [5, 5.41) is 2.97. The zero-order valence-electron chi connectivity index (χ0n) is 10.8. The third-order valence-corrected chi connectivity index (χ3v) is 2.81. The van der Waals surface area contributed by atoms with Crippen LogP contribution in [0.25, 0.3) is 6.08 Å². The van der Waals surface area contributed by atoms with Gasteiger partial charge in [0.15, 0.2) is 23.3 Å². The van der Waals surface area contributed by atoms with E-state index in [1.54, 1.807) is 13.8 Å². The molecule has 1 rings (SSSR count). The van der Waals surface area contributed by atoms with E-state index < -0.39 is 34.6 Å². The van der Waals surface area contributed by atoms with Crippen LogP contribution >= 0.6 is 0 Å². The Labute approximate surface area is 108 Å². The van der Waals surface area contributed by atoms with Crippen molar-refractivity contribution in [3.63, 3.8) is 0 Å². The maximum absolute atomic E-state index is 13.4. The molecule has 0 saturated heterocycles. The third-order valence-electron chi connectivity index (χ3n) is 2.81. The Kier molecular flexibility index (Phi) is 5.05.